The van der Waals surface area contributed by atoms with Gasteiger partial charge in [0.2, 0.25) is 5.91 Å². The summed E-state index contributed by atoms with van der Waals surface area (Å²) in [5.74, 6) is -1.99. The summed E-state index contributed by atoms with van der Waals surface area (Å²) in [4.78, 5) is 35.0. The molecule has 0 atom stereocenters. The Kier molecular flexibility index (Phi) is 6.88. The molecule has 1 rings (SSSR count). The molecule has 0 aliphatic heterocycles. The molecule has 23 heavy (non-hydrogen) atoms. The fraction of sp³-hybridized carbons (Fsp3) is 0.471. The number of halogens is 1. The molecule has 0 radical (unpaired) electrons. The summed E-state index contributed by atoms with van der Waals surface area (Å²) in [5, 5.41) is 11.9. The van der Waals surface area contributed by atoms with Crippen LogP contribution >= 0.6 is 0 Å². The predicted molar refractivity (Wildman–Crippen MR) is 83.6 cm³/mol. The van der Waals surface area contributed by atoms with Crippen LogP contribution < -0.4 is 5.32 Å². The Balaban J connectivity index is 2.49. The lowest BCUT2D eigenvalue weighted by atomic mass is 9.82. The molecule has 0 saturated heterocycles. The first-order chi connectivity index (χ1) is 10.8. The lowest BCUT2D eigenvalue weighted by Gasteiger charge is -2.26. The molecular formula is C17H22FNO4. The molecule has 0 heterocycles. The first-order valence-electron chi connectivity index (χ1n) is 7.63. The van der Waals surface area contributed by atoms with Crippen molar-refractivity contribution < 1.29 is 23.9 Å². The van der Waals surface area contributed by atoms with E-state index in [4.69, 9.17) is 0 Å². The fourth-order valence-electron chi connectivity index (χ4n) is 2.24. The zero-order valence-electron chi connectivity index (χ0n) is 13.4. The second-order valence-corrected chi connectivity index (χ2v) is 5.50. The van der Waals surface area contributed by atoms with Crippen molar-refractivity contribution in [3.05, 3.63) is 35.6 Å². The van der Waals surface area contributed by atoms with Gasteiger partial charge in [0.15, 0.2) is 5.78 Å². The molecule has 0 saturated carbocycles. The van der Waals surface area contributed by atoms with Crippen molar-refractivity contribution in [3.8, 4) is 0 Å². The van der Waals surface area contributed by atoms with E-state index in [9.17, 15) is 23.9 Å². The van der Waals surface area contributed by atoms with Gasteiger partial charge in [-0.05, 0) is 37.1 Å². The molecule has 0 bridgehead atoms. The molecule has 1 aromatic rings. The van der Waals surface area contributed by atoms with E-state index in [2.05, 4.69) is 5.32 Å². The van der Waals surface area contributed by atoms with Crippen LogP contribution in [-0.2, 0) is 9.59 Å². The first-order valence-corrected chi connectivity index (χ1v) is 7.63. The summed E-state index contributed by atoms with van der Waals surface area (Å²) in [6, 6.07) is 5.13. The normalized spacial score (nSPS) is 11.1. The number of amides is 1. The standard InChI is InChI=1S/C17H22FNO4/c1-3-17(4-2,16(22)23)11-19-15(21)10-9-14(20)12-5-7-13(18)8-6-12/h5-8H,3-4,9-11H2,1-2H3,(H,19,21)(H,22,23). The Morgan fingerprint density at radius 2 is 1.65 bits per heavy atom. The maximum Gasteiger partial charge on any atom is 0.311 e. The molecular weight excluding hydrogens is 301 g/mol. The average molecular weight is 323 g/mol. The Bertz CT molecular complexity index is 564. The Morgan fingerprint density at radius 3 is 2.13 bits per heavy atom. The zero-order chi connectivity index (χ0) is 17.5. The third-order valence-electron chi connectivity index (χ3n) is 4.18. The van der Waals surface area contributed by atoms with Crippen molar-refractivity contribution in [1.82, 2.24) is 5.32 Å². The van der Waals surface area contributed by atoms with Gasteiger partial charge in [0, 0.05) is 24.9 Å². The quantitative estimate of drug-likeness (QED) is 0.685. The summed E-state index contributed by atoms with van der Waals surface area (Å²) < 4.78 is 12.8. The van der Waals surface area contributed by atoms with Gasteiger partial charge in [0.25, 0.3) is 0 Å². The van der Waals surface area contributed by atoms with Crippen molar-refractivity contribution in [2.75, 3.05) is 6.54 Å². The maximum absolute atomic E-state index is 12.8. The molecule has 0 aliphatic carbocycles. The Labute approximate surface area is 134 Å². The SMILES string of the molecule is CCC(CC)(CNC(=O)CCC(=O)c1ccc(F)cc1)C(=O)O. The van der Waals surface area contributed by atoms with Crippen LogP contribution in [-0.4, -0.2) is 29.3 Å². The van der Waals surface area contributed by atoms with Crippen molar-refractivity contribution in [3.63, 3.8) is 0 Å². The first kappa shape index (κ1) is 18.8. The molecule has 0 spiro atoms. The van der Waals surface area contributed by atoms with Gasteiger partial charge in [-0.1, -0.05) is 13.8 Å². The summed E-state index contributed by atoms with van der Waals surface area (Å²) >= 11 is 0. The molecule has 0 unspecified atom stereocenters. The minimum absolute atomic E-state index is 0.00418. The second-order valence-electron chi connectivity index (χ2n) is 5.50. The summed E-state index contributed by atoms with van der Waals surface area (Å²) in [6.07, 6.45) is 0.788. The predicted octanol–water partition coefficient (Wildman–Crippen LogP) is 2.80. The largest absolute Gasteiger partial charge is 0.481 e. The number of ketones is 1. The molecule has 2 N–H and O–H groups in total. The molecule has 6 heteroatoms. The van der Waals surface area contributed by atoms with Crippen LogP contribution in [0.4, 0.5) is 4.39 Å². The van der Waals surface area contributed by atoms with Crippen LogP contribution in [0, 0.1) is 11.2 Å². The van der Waals surface area contributed by atoms with Gasteiger partial charge in [-0.25, -0.2) is 4.39 Å². The van der Waals surface area contributed by atoms with Gasteiger partial charge in [0.1, 0.15) is 5.82 Å². The Morgan fingerprint density at radius 1 is 1.09 bits per heavy atom. The average Bonchev–Trinajstić information content (AvgIpc) is 2.54. The van der Waals surface area contributed by atoms with Crippen LogP contribution in [0.5, 0.6) is 0 Å². The number of hydrogen-bond donors (Lipinski definition) is 2. The van der Waals surface area contributed by atoms with E-state index in [1.807, 2.05) is 0 Å². The number of carbonyl (C=O) groups is 3. The van der Waals surface area contributed by atoms with E-state index in [0.29, 0.717) is 18.4 Å². The lowest BCUT2D eigenvalue weighted by molar-refractivity contribution is -0.149. The molecule has 0 aliphatic rings. The minimum atomic E-state index is -0.976. The van der Waals surface area contributed by atoms with Crippen LogP contribution in [0.25, 0.3) is 0 Å². The number of Topliss-reactive ketones (excluding diaryl/α,β-unsaturated/α-hetero) is 1. The van der Waals surface area contributed by atoms with Crippen molar-refractivity contribution in [2.45, 2.75) is 39.5 Å². The van der Waals surface area contributed by atoms with E-state index in [1.165, 1.54) is 24.3 Å². The maximum atomic E-state index is 12.8. The molecule has 5 nitrogen and oxygen atoms in total. The summed E-state index contributed by atoms with van der Waals surface area (Å²) in [5.41, 5.74) is -0.627. The fourth-order valence-corrected chi connectivity index (χ4v) is 2.24. The number of nitrogens with one attached hydrogen (secondary N) is 1. The van der Waals surface area contributed by atoms with Gasteiger partial charge in [-0.15, -0.1) is 0 Å². The summed E-state index contributed by atoms with van der Waals surface area (Å²) in [7, 11) is 0. The molecule has 1 aromatic carbocycles. The third kappa shape index (κ3) is 5.16. The highest BCUT2D eigenvalue weighted by molar-refractivity contribution is 5.97. The number of aliphatic carboxylic acids is 1. The summed E-state index contributed by atoms with van der Waals surface area (Å²) in [6.45, 7) is 3.57. The molecule has 1 amide bonds. The van der Waals surface area contributed by atoms with Gasteiger partial charge in [0.05, 0.1) is 5.41 Å². The Hall–Kier alpha value is -2.24. The number of carboxylic acids is 1. The lowest BCUT2D eigenvalue weighted by Crippen LogP contribution is -2.42. The number of hydrogen-bond acceptors (Lipinski definition) is 3. The van der Waals surface area contributed by atoms with Crippen molar-refractivity contribution >= 4 is 17.7 Å². The highest BCUT2D eigenvalue weighted by Crippen LogP contribution is 2.25. The van der Waals surface area contributed by atoms with Gasteiger partial charge in [-0.2, -0.15) is 0 Å². The monoisotopic (exact) mass is 323 g/mol. The highest BCUT2D eigenvalue weighted by Gasteiger charge is 2.35. The topological polar surface area (TPSA) is 83.5 Å². The number of rotatable bonds is 9. The van der Waals surface area contributed by atoms with Gasteiger partial charge in [-0.3, -0.25) is 14.4 Å². The molecule has 0 aromatic heterocycles. The van der Waals surface area contributed by atoms with Crippen LogP contribution in [0.1, 0.15) is 49.9 Å². The van der Waals surface area contributed by atoms with Gasteiger partial charge >= 0.3 is 5.97 Å². The minimum Gasteiger partial charge on any atom is -0.481 e. The van der Waals surface area contributed by atoms with E-state index >= 15 is 0 Å². The number of carbonyl (C=O) groups excluding carboxylic acids is 2. The van der Waals surface area contributed by atoms with E-state index < -0.39 is 17.2 Å². The van der Waals surface area contributed by atoms with E-state index in [-0.39, 0.29) is 31.1 Å². The molecule has 126 valence electrons. The second kappa shape index (κ2) is 8.41. The van der Waals surface area contributed by atoms with Gasteiger partial charge < -0.3 is 10.4 Å². The smallest absolute Gasteiger partial charge is 0.311 e. The third-order valence-corrected chi connectivity index (χ3v) is 4.18. The highest BCUT2D eigenvalue weighted by atomic mass is 19.1. The van der Waals surface area contributed by atoms with E-state index in [1.54, 1.807) is 13.8 Å². The van der Waals surface area contributed by atoms with Crippen molar-refractivity contribution in [1.29, 1.82) is 0 Å². The van der Waals surface area contributed by atoms with Crippen LogP contribution in [0.3, 0.4) is 0 Å². The van der Waals surface area contributed by atoms with Crippen molar-refractivity contribution in [2.24, 2.45) is 5.41 Å². The number of carboxylic acid groups (broad SMARTS) is 1. The number of benzene rings is 1. The van der Waals surface area contributed by atoms with Crippen LogP contribution in [0.15, 0.2) is 24.3 Å². The molecule has 0 fully saturated rings. The zero-order valence-corrected chi connectivity index (χ0v) is 13.4. The van der Waals surface area contributed by atoms with E-state index in [0.717, 1.165) is 0 Å². The van der Waals surface area contributed by atoms with Crippen LogP contribution in [0.2, 0.25) is 0 Å².